The molecule has 0 unspecified atom stereocenters. The molecule has 1 heterocycles. The molecule has 0 aromatic heterocycles. The summed E-state index contributed by atoms with van der Waals surface area (Å²) in [6.45, 7) is 2.00. The smallest absolute Gasteiger partial charge is 0.0466 e. The summed E-state index contributed by atoms with van der Waals surface area (Å²) in [6.07, 6.45) is 12.9. The van der Waals surface area contributed by atoms with Gasteiger partial charge in [-0.2, -0.15) is 0 Å². The van der Waals surface area contributed by atoms with Crippen molar-refractivity contribution in [2.75, 3.05) is 13.2 Å². The molecule has 0 aromatic carbocycles. The van der Waals surface area contributed by atoms with Crippen molar-refractivity contribution in [3.63, 3.8) is 0 Å². The van der Waals surface area contributed by atoms with Crippen LogP contribution < -0.4 is 0 Å². The van der Waals surface area contributed by atoms with Gasteiger partial charge in [0.15, 0.2) is 0 Å². The van der Waals surface area contributed by atoms with Crippen LogP contribution in [0.1, 0.15) is 57.8 Å². The SMILES string of the molecule is C1CCCCC1.C1CCOCC1. The van der Waals surface area contributed by atoms with Crippen molar-refractivity contribution in [3.8, 4) is 0 Å². The van der Waals surface area contributed by atoms with Gasteiger partial charge in [-0.25, -0.2) is 0 Å². The van der Waals surface area contributed by atoms with E-state index in [4.69, 9.17) is 4.74 Å². The number of hydrogen-bond donors (Lipinski definition) is 0. The molecule has 0 spiro atoms. The van der Waals surface area contributed by atoms with Gasteiger partial charge >= 0.3 is 0 Å². The second-order valence-electron chi connectivity index (χ2n) is 3.79. The van der Waals surface area contributed by atoms with Gasteiger partial charge < -0.3 is 4.74 Å². The second kappa shape index (κ2) is 7.60. The Labute approximate surface area is 76.5 Å². The van der Waals surface area contributed by atoms with Crippen molar-refractivity contribution < 1.29 is 4.74 Å². The summed E-state index contributed by atoms with van der Waals surface area (Å²) < 4.78 is 5.07. The average Bonchev–Trinajstić information content (AvgIpc) is 2.24. The van der Waals surface area contributed by atoms with Gasteiger partial charge in [-0.1, -0.05) is 38.5 Å². The Kier molecular flexibility index (Phi) is 6.36. The maximum absolute atomic E-state index is 5.07. The molecule has 0 radical (unpaired) electrons. The summed E-state index contributed by atoms with van der Waals surface area (Å²) in [7, 11) is 0. The summed E-state index contributed by atoms with van der Waals surface area (Å²) >= 11 is 0. The molecule has 1 aliphatic heterocycles. The van der Waals surface area contributed by atoms with Crippen LogP contribution in [0, 0.1) is 0 Å². The Morgan fingerprint density at radius 1 is 0.417 bits per heavy atom. The highest BCUT2D eigenvalue weighted by Gasteiger charge is 1.95. The van der Waals surface area contributed by atoms with Gasteiger partial charge in [0.1, 0.15) is 0 Å². The van der Waals surface area contributed by atoms with Gasteiger partial charge in [-0.15, -0.1) is 0 Å². The van der Waals surface area contributed by atoms with Crippen LogP contribution in [0.5, 0.6) is 0 Å². The van der Waals surface area contributed by atoms with E-state index in [2.05, 4.69) is 0 Å². The lowest BCUT2D eigenvalue weighted by atomic mass is 10.0. The van der Waals surface area contributed by atoms with Crippen LogP contribution in [0.25, 0.3) is 0 Å². The fourth-order valence-electron chi connectivity index (χ4n) is 1.75. The minimum absolute atomic E-state index is 1.00. The van der Waals surface area contributed by atoms with Gasteiger partial charge in [0, 0.05) is 13.2 Å². The van der Waals surface area contributed by atoms with E-state index in [1.807, 2.05) is 0 Å². The zero-order valence-corrected chi connectivity index (χ0v) is 8.19. The van der Waals surface area contributed by atoms with Gasteiger partial charge in [0.25, 0.3) is 0 Å². The maximum Gasteiger partial charge on any atom is 0.0466 e. The first kappa shape index (κ1) is 10.0. The van der Waals surface area contributed by atoms with Gasteiger partial charge in [-0.3, -0.25) is 0 Å². The normalized spacial score (nSPS) is 24.0. The zero-order chi connectivity index (χ0) is 8.49. The van der Waals surface area contributed by atoms with E-state index >= 15 is 0 Å². The highest BCUT2D eigenvalue weighted by atomic mass is 16.5. The summed E-state index contributed by atoms with van der Waals surface area (Å²) in [6, 6.07) is 0. The van der Waals surface area contributed by atoms with Crippen LogP contribution >= 0.6 is 0 Å². The van der Waals surface area contributed by atoms with Crippen molar-refractivity contribution in [3.05, 3.63) is 0 Å². The lowest BCUT2D eigenvalue weighted by molar-refractivity contribution is 0.0968. The van der Waals surface area contributed by atoms with Crippen LogP contribution in [-0.2, 0) is 4.74 Å². The third kappa shape index (κ3) is 5.59. The van der Waals surface area contributed by atoms with E-state index < -0.39 is 0 Å². The van der Waals surface area contributed by atoms with Crippen LogP contribution in [0.4, 0.5) is 0 Å². The van der Waals surface area contributed by atoms with E-state index in [1.54, 1.807) is 0 Å². The molecule has 1 saturated carbocycles. The Balaban J connectivity index is 0.000000120. The molecule has 2 rings (SSSR count). The third-order valence-electron chi connectivity index (χ3n) is 2.58. The zero-order valence-electron chi connectivity index (χ0n) is 8.19. The highest BCUT2D eigenvalue weighted by Crippen LogP contribution is 2.15. The van der Waals surface area contributed by atoms with E-state index in [0.717, 1.165) is 13.2 Å². The van der Waals surface area contributed by atoms with Crippen molar-refractivity contribution in [2.24, 2.45) is 0 Å². The predicted molar refractivity (Wildman–Crippen MR) is 52.4 cm³/mol. The van der Waals surface area contributed by atoms with Gasteiger partial charge in [-0.05, 0) is 19.3 Å². The van der Waals surface area contributed by atoms with Crippen molar-refractivity contribution >= 4 is 0 Å². The number of hydrogen-bond acceptors (Lipinski definition) is 1. The molecule has 0 aromatic rings. The van der Waals surface area contributed by atoms with Crippen molar-refractivity contribution in [1.29, 1.82) is 0 Å². The van der Waals surface area contributed by atoms with Crippen LogP contribution in [0.2, 0.25) is 0 Å². The molecule has 1 nitrogen and oxygen atoms in total. The first-order valence-electron chi connectivity index (χ1n) is 5.58. The summed E-state index contributed by atoms with van der Waals surface area (Å²) in [4.78, 5) is 0. The van der Waals surface area contributed by atoms with Crippen molar-refractivity contribution in [2.45, 2.75) is 57.8 Å². The number of rotatable bonds is 0. The largest absolute Gasteiger partial charge is 0.381 e. The van der Waals surface area contributed by atoms with E-state index in [0.29, 0.717) is 0 Å². The minimum atomic E-state index is 1.00. The maximum atomic E-state index is 5.07. The van der Waals surface area contributed by atoms with E-state index in [9.17, 15) is 0 Å². The van der Waals surface area contributed by atoms with Gasteiger partial charge in [0.05, 0.1) is 0 Å². The second-order valence-corrected chi connectivity index (χ2v) is 3.79. The minimum Gasteiger partial charge on any atom is -0.381 e. The quantitative estimate of drug-likeness (QED) is 0.540. The molecule has 0 atom stereocenters. The summed E-state index contributed by atoms with van der Waals surface area (Å²) in [5, 5.41) is 0. The Morgan fingerprint density at radius 3 is 0.917 bits per heavy atom. The molecular formula is C11H22O. The third-order valence-corrected chi connectivity index (χ3v) is 2.58. The lowest BCUT2D eigenvalue weighted by Crippen LogP contribution is -2.03. The van der Waals surface area contributed by atoms with E-state index in [1.165, 1.54) is 57.8 Å². The average molecular weight is 170 g/mol. The topological polar surface area (TPSA) is 9.23 Å². The van der Waals surface area contributed by atoms with Gasteiger partial charge in [0.2, 0.25) is 0 Å². The molecule has 0 bridgehead atoms. The fraction of sp³-hybridized carbons (Fsp3) is 1.00. The van der Waals surface area contributed by atoms with E-state index in [-0.39, 0.29) is 0 Å². The Bertz CT molecular complexity index is 48.0. The standard InChI is InChI=1S/C6H12.C5H10O/c2*1-2-4-6-5-3-1/h1-6H2;1-5H2. The fourth-order valence-corrected chi connectivity index (χ4v) is 1.75. The summed E-state index contributed by atoms with van der Waals surface area (Å²) in [5.74, 6) is 0. The van der Waals surface area contributed by atoms with Crippen LogP contribution in [0.15, 0.2) is 0 Å². The molecule has 2 aliphatic rings. The predicted octanol–water partition coefficient (Wildman–Crippen LogP) is 3.53. The molecule has 72 valence electrons. The van der Waals surface area contributed by atoms with Crippen molar-refractivity contribution in [1.82, 2.24) is 0 Å². The summed E-state index contributed by atoms with van der Waals surface area (Å²) in [5.41, 5.74) is 0. The molecular weight excluding hydrogens is 148 g/mol. The molecule has 1 saturated heterocycles. The molecule has 0 N–H and O–H groups in total. The monoisotopic (exact) mass is 170 g/mol. The van der Waals surface area contributed by atoms with Crippen LogP contribution in [0.3, 0.4) is 0 Å². The first-order valence-corrected chi connectivity index (χ1v) is 5.58. The number of ether oxygens (including phenoxy) is 1. The molecule has 2 fully saturated rings. The first-order chi connectivity index (χ1) is 6.00. The molecule has 12 heavy (non-hydrogen) atoms. The molecule has 1 aliphatic carbocycles. The highest BCUT2D eigenvalue weighted by molar-refractivity contribution is 4.51. The molecule has 0 amide bonds. The Hall–Kier alpha value is -0.0400. The molecule has 1 heteroatoms. The Morgan fingerprint density at radius 2 is 0.750 bits per heavy atom. The lowest BCUT2D eigenvalue weighted by Gasteiger charge is -2.08. The van der Waals surface area contributed by atoms with Crippen LogP contribution in [-0.4, -0.2) is 13.2 Å².